The Hall–Kier alpha value is -2.48. The zero-order chi connectivity index (χ0) is 17.1. The maximum atomic E-state index is 12.2. The first-order valence-corrected chi connectivity index (χ1v) is 8.04. The molecule has 3 heterocycles. The number of rotatable bonds is 5. The van der Waals surface area contributed by atoms with Crippen LogP contribution in [-0.2, 0) is 6.54 Å². The van der Waals surface area contributed by atoms with Crippen LogP contribution in [0.3, 0.4) is 0 Å². The second kappa shape index (κ2) is 6.96. The van der Waals surface area contributed by atoms with Crippen LogP contribution in [0.15, 0.2) is 18.6 Å². The lowest BCUT2D eigenvalue weighted by Crippen LogP contribution is -2.24. The van der Waals surface area contributed by atoms with Gasteiger partial charge in [-0.3, -0.25) is 14.8 Å². The molecule has 2 aromatic heterocycles. The molecule has 0 radical (unpaired) electrons. The van der Waals surface area contributed by atoms with E-state index < -0.39 is 0 Å². The van der Waals surface area contributed by atoms with Crippen LogP contribution in [0.1, 0.15) is 34.0 Å². The highest BCUT2D eigenvalue weighted by Crippen LogP contribution is 2.29. The van der Waals surface area contributed by atoms with Crippen molar-refractivity contribution in [2.24, 2.45) is 0 Å². The van der Waals surface area contributed by atoms with Crippen molar-refractivity contribution in [1.82, 2.24) is 30.0 Å². The summed E-state index contributed by atoms with van der Waals surface area (Å²) < 4.78 is 0. The highest BCUT2D eigenvalue weighted by atomic mass is 16.2. The minimum absolute atomic E-state index is 0.00625. The first-order chi connectivity index (χ1) is 11.6. The molecular weight excluding hydrogens is 306 g/mol. The average Bonchev–Trinajstić information content (AvgIpc) is 3.23. The van der Waals surface area contributed by atoms with Crippen molar-refractivity contribution >= 4 is 11.9 Å². The fourth-order valence-electron chi connectivity index (χ4n) is 3.05. The molecule has 0 aromatic carbocycles. The number of hydrogen-bond donors (Lipinski definition) is 2. The summed E-state index contributed by atoms with van der Waals surface area (Å²) in [7, 11) is 5.32. The van der Waals surface area contributed by atoms with Crippen molar-refractivity contribution in [1.29, 1.82) is 0 Å². The summed E-state index contributed by atoms with van der Waals surface area (Å²) in [5.41, 5.74) is 2.70. The van der Waals surface area contributed by atoms with Gasteiger partial charge >= 0.3 is 0 Å². The third kappa shape index (κ3) is 3.38. The molecule has 1 fully saturated rings. The van der Waals surface area contributed by atoms with Crippen LogP contribution in [0.2, 0.25) is 0 Å². The van der Waals surface area contributed by atoms with Gasteiger partial charge in [0, 0.05) is 58.1 Å². The lowest BCUT2D eigenvalue weighted by atomic mass is 10.0. The first-order valence-electron chi connectivity index (χ1n) is 8.04. The summed E-state index contributed by atoms with van der Waals surface area (Å²) >= 11 is 0. The van der Waals surface area contributed by atoms with E-state index in [0.29, 0.717) is 17.4 Å². The minimum atomic E-state index is -0.00625. The Morgan fingerprint density at radius 2 is 2.12 bits per heavy atom. The number of anilines is 1. The van der Waals surface area contributed by atoms with E-state index in [2.05, 4.69) is 30.4 Å². The normalized spacial score (nSPS) is 17.9. The van der Waals surface area contributed by atoms with Crippen molar-refractivity contribution in [2.75, 3.05) is 39.5 Å². The van der Waals surface area contributed by atoms with Crippen LogP contribution < -0.4 is 5.32 Å². The van der Waals surface area contributed by atoms with Gasteiger partial charge in [-0.15, -0.1) is 0 Å². The summed E-state index contributed by atoms with van der Waals surface area (Å²) in [6.07, 6.45) is 6.34. The Kier molecular flexibility index (Phi) is 4.75. The quantitative estimate of drug-likeness (QED) is 0.848. The number of aromatic amines is 1. The van der Waals surface area contributed by atoms with Gasteiger partial charge in [-0.05, 0) is 13.0 Å². The second-order valence-corrected chi connectivity index (χ2v) is 6.28. The summed E-state index contributed by atoms with van der Waals surface area (Å²) in [6.45, 7) is 2.68. The lowest BCUT2D eigenvalue weighted by molar-refractivity contribution is 0.0826. The molecule has 1 aliphatic heterocycles. The Labute approximate surface area is 141 Å². The number of H-pyrrole nitrogens is 1. The van der Waals surface area contributed by atoms with E-state index in [4.69, 9.17) is 0 Å². The fourth-order valence-corrected chi connectivity index (χ4v) is 3.05. The van der Waals surface area contributed by atoms with Gasteiger partial charge < -0.3 is 10.2 Å². The van der Waals surface area contributed by atoms with Crippen LogP contribution in [0.4, 0.5) is 5.95 Å². The number of hydrogen-bond acceptors (Lipinski definition) is 6. The second-order valence-electron chi connectivity index (χ2n) is 6.28. The molecule has 24 heavy (non-hydrogen) atoms. The molecule has 1 amide bonds. The predicted molar refractivity (Wildman–Crippen MR) is 90.8 cm³/mol. The van der Waals surface area contributed by atoms with Crippen molar-refractivity contribution < 1.29 is 4.79 Å². The SMILES string of the molecule is CNc1ncc(CN2CCC(c3[nH]ncc3C(=O)N(C)C)C2)cn1. The summed E-state index contributed by atoms with van der Waals surface area (Å²) in [6, 6.07) is 0. The number of amides is 1. The molecule has 0 aliphatic carbocycles. The van der Waals surface area contributed by atoms with Gasteiger partial charge in [-0.1, -0.05) is 0 Å². The van der Waals surface area contributed by atoms with Gasteiger partial charge in [0.15, 0.2) is 0 Å². The smallest absolute Gasteiger partial charge is 0.256 e. The fraction of sp³-hybridized carbons (Fsp3) is 0.500. The van der Waals surface area contributed by atoms with Crippen molar-refractivity contribution in [3.63, 3.8) is 0 Å². The van der Waals surface area contributed by atoms with E-state index in [1.165, 1.54) is 0 Å². The Balaban J connectivity index is 1.65. The van der Waals surface area contributed by atoms with Gasteiger partial charge in [-0.2, -0.15) is 5.10 Å². The Morgan fingerprint density at radius 1 is 1.38 bits per heavy atom. The molecule has 2 N–H and O–H groups in total. The minimum Gasteiger partial charge on any atom is -0.357 e. The monoisotopic (exact) mass is 329 g/mol. The third-order valence-corrected chi connectivity index (χ3v) is 4.32. The lowest BCUT2D eigenvalue weighted by Gasteiger charge is -2.16. The number of likely N-dealkylation sites (tertiary alicyclic amines) is 1. The molecule has 128 valence electrons. The van der Waals surface area contributed by atoms with Crippen molar-refractivity contribution in [2.45, 2.75) is 18.9 Å². The van der Waals surface area contributed by atoms with E-state index in [1.54, 1.807) is 32.2 Å². The molecule has 8 nitrogen and oxygen atoms in total. The molecule has 1 saturated heterocycles. The molecule has 3 rings (SSSR count). The van der Waals surface area contributed by atoms with Crippen LogP contribution >= 0.6 is 0 Å². The molecule has 0 saturated carbocycles. The zero-order valence-electron chi connectivity index (χ0n) is 14.3. The highest BCUT2D eigenvalue weighted by molar-refractivity contribution is 5.94. The number of nitrogens with one attached hydrogen (secondary N) is 2. The highest BCUT2D eigenvalue weighted by Gasteiger charge is 2.29. The average molecular weight is 329 g/mol. The standard InChI is InChI=1S/C16H23N7O/c1-17-16-18-6-11(7-19-16)9-23-5-4-12(10-23)14-13(8-20-21-14)15(24)22(2)3/h6-8,12H,4-5,9-10H2,1-3H3,(H,20,21)(H,17,18,19). The van der Waals surface area contributed by atoms with Crippen LogP contribution in [-0.4, -0.2) is 70.1 Å². The zero-order valence-corrected chi connectivity index (χ0v) is 14.3. The van der Waals surface area contributed by atoms with Crippen LogP contribution in [0, 0.1) is 0 Å². The topological polar surface area (TPSA) is 90.0 Å². The maximum Gasteiger partial charge on any atom is 0.256 e. The Morgan fingerprint density at radius 3 is 2.79 bits per heavy atom. The van der Waals surface area contributed by atoms with Gasteiger partial charge in [0.2, 0.25) is 5.95 Å². The largest absolute Gasteiger partial charge is 0.357 e. The molecular formula is C16H23N7O. The molecule has 8 heteroatoms. The number of nitrogens with zero attached hydrogens (tertiary/aromatic N) is 5. The number of carbonyl (C=O) groups excluding carboxylic acids is 1. The van der Waals surface area contributed by atoms with E-state index in [0.717, 1.165) is 37.3 Å². The molecule has 1 aliphatic rings. The van der Waals surface area contributed by atoms with Crippen LogP contribution in [0.5, 0.6) is 0 Å². The van der Waals surface area contributed by atoms with E-state index in [1.807, 2.05) is 12.4 Å². The van der Waals surface area contributed by atoms with Gasteiger partial charge in [0.05, 0.1) is 17.5 Å². The molecule has 0 spiro atoms. The molecule has 1 unspecified atom stereocenters. The first kappa shape index (κ1) is 16.4. The Bertz CT molecular complexity index is 695. The van der Waals surface area contributed by atoms with Gasteiger partial charge in [0.1, 0.15) is 0 Å². The van der Waals surface area contributed by atoms with Gasteiger partial charge in [0.25, 0.3) is 5.91 Å². The van der Waals surface area contributed by atoms with E-state index in [9.17, 15) is 4.79 Å². The number of carbonyl (C=O) groups is 1. The van der Waals surface area contributed by atoms with Crippen LogP contribution in [0.25, 0.3) is 0 Å². The summed E-state index contributed by atoms with van der Waals surface area (Å²) in [5.74, 6) is 0.916. The summed E-state index contributed by atoms with van der Waals surface area (Å²) in [4.78, 5) is 24.7. The van der Waals surface area contributed by atoms with Crippen molar-refractivity contribution in [3.8, 4) is 0 Å². The predicted octanol–water partition coefficient (Wildman–Crippen LogP) is 0.933. The van der Waals surface area contributed by atoms with Crippen molar-refractivity contribution in [3.05, 3.63) is 35.4 Å². The third-order valence-electron chi connectivity index (χ3n) is 4.32. The van der Waals surface area contributed by atoms with E-state index >= 15 is 0 Å². The van der Waals surface area contributed by atoms with E-state index in [-0.39, 0.29) is 5.91 Å². The maximum absolute atomic E-state index is 12.2. The molecule has 0 bridgehead atoms. The molecule has 2 aromatic rings. The summed E-state index contributed by atoms with van der Waals surface area (Å²) in [5, 5.41) is 10.0. The van der Waals surface area contributed by atoms with Gasteiger partial charge in [-0.25, -0.2) is 9.97 Å². The number of aromatic nitrogens is 4. The molecule has 1 atom stereocenters.